The third-order valence-corrected chi connectivity index (χ3v) is 4.12. The molecule has 0 atom stereocenters. The smallest absolute Gasteiger partial charge is 0.423 e. The zero-order chi connectivity index (χ0) is 13.8. The lowest BCUT2D eigenvalue weighted by atomic mass is 9.80. The second-order valence-electron chi connectivity index (χ2n) is 3.95. The van der Waals surface area contributed by atoms with Gasteiger partial charge < -0.3 is 10.0 Å². The lowest BCUT2D eigenvalue weighted by molar-refractivity contribution is 0.423. The standard InChI is InChI=1S/C13H11BClFO2S/c15-11-7-12(16)10(14(17)18)6-13(11)19-8-9-4-2-1-3-5-9/h1-7,17-18H,8H2. The molecule has 19 heavy (non-hydrogen) atoms. The number of hydrogen-bond donors (Lipinski definition) is 2. The van der Waals surface area contributed by atoms with Crippen molar-refractivity contribution in [3.8, 4) is 0 Å². The summed E-state index contributed by atoms with van der Waals surface area (Å²) in [5.41, 5.74) is 0.943. The van der Waals surface area contributed by atoms with Gasteiger partial charge in [-0.25, -0.2) is 4.39 Å². The molecule has 0 spiro atoms. The molecule has 0 saturated carbocycles. The predicted octanol–water partition coefficient (Wildman–Crippen LogP) is 2.45. The van der Waals surface area contributed by atoms with Gasteiger partial charge in [-0.1, -0.05) is 41.9 Å². The van der Waals surface area contributed by atoms with E-state index in [1.807, 2.05) is 30.3 Å². The SMILES string of the molecule is OB(O)c1cc(SCc2ccccc2)c(Cl)cc1F. The molecule has 0 radical (unpaired) electrons. The van der Waals surface area contributed by atoms with Gasteiger partial charge in [0.15, 0.2) is 0 Å². The largest absolute Gasteiger partial charge is 0.491 e. The molecule has 0 aliphatic rings. The molecule has 0 amide bonds. The molecule has 0 aliphatic carbocycles. The van der Waals surface area contributed by atoms with Crippen molar-refractivity contribution >= 4 is 35.9 Å². The molecule has 2 rings (SSSR count). The summed E-state index contributed by atoms with van der Waals surface area (Å²) in [5.74, 6) is -0.0447. The van der Waals surface area contributed by atoms with E-state index in [9.17, 15) is 4.39 Å². The van der Waals surface area contributed by atoms with Crippen LogP contribution < -0.4 is 5.46 Å². The Labute approximate surface area is 120 Å². The van der Waals surface area contributed by atoms with Crippen molar-refractivity contribution < 1.29 is 14.4 Å². The number of rotatable bonds is 4. The first-order chi connectivity index (χ1) is 9.08. The molecule has 2 N–H and O–H groups in total. The third kappa shape index (κ3) is 3.73. The van der Waals surface area contributed by atoms with Crippen LogP contribution in [0.2, 0.25) is 5.02 Å². The van der Waals surface area contributed by atoms with Gasteiger partial charge in [-0.2, -0.15) is 0 Å². The molecule has 0 aliphatic heterocycles. The Kier molecular flexibility index (Phi) is 4.88. The van der Waals surface area contributed by atoms with E-state index in [0.29, 0.717) is 10.6 Å². The fraction of sp³-hybridized carbons (Fsp3) is 0.0769. The van der Waals surface area contributed by atoms with Crippen LogP contribution in [0.5, 0.6) is 0 Å². The summed E-state index contributed by atoms with van der Waals surface area (Å²) in [6.07, 6.45) is 0. The average Bonchev–Trinajstić information content (AvgIpc) is 2.38. The fourth-order valence-corrected chi connectivity index (χ4v) is 2.82. The minimum Gasteiger partial charge on any atom is -0.423 e. The van der Waals surface area contributed by atoms with Crippen molar-refractivity contribution in [1.29, 1.82) is 0 Å². The molecule has 0 unspecified atom stereocenters. The van der Waals surface area contributed by atoms with Crippen LogP contribution in [-0.4, -0.2) is 17.2 Å². The first kappa shape index (κ1) is 14.4. The first-order valence-corrected chi connectivity index (χ1v) is 6.96. The van der Waals surface area contributed by atoms with E-state index in [0.717, 1.165) is 11.6 Å². The van der Waals surface area contributed by atoms with Gasteiger partial charge in [0.1, 0.15) is 5.82 Å². The van der Waals surface area contributed by atoms with Gasteiger partial charge in [0.2, 0.25) is 0 Å². The predicted molar refractivity (Wildman–Crippen MR) is 77.2 cm³/mol. The Bertz CT molecular complexity index is 566. The summed E-state index contributed by atoms with van der Waals surface area (Å²) in [5, 5.41) is 18.4. The van der Waals surface area contributed by atoms with Crippen LogP contribution >= 0.6 is 23.4 Å². The summed E-state index contributed by atoms with van der Waals surface area (Å²) in [6.45, 7) is 0. The van der Waals surface area contributed by atoms with Gasteiger partial charge in [-0.15, -0.1) is 11.8 Å². The highest BCUT2D eigenvalue weighted by molar-refractivity contribution is 7.98. The summed E-state index contributed by atoms with van der Waals surface area (Å²) >= 11 is 7.37. The van der Waals surface area contributed by atoms with E-state index in [1.54, 1.807) is 0 Å². The van der Waals surface area contributed by atoms with Crippen LogP contribution in [0.15, 0.2) is 47.4 Å². The second-order valence-corrected chi connectivity index (χ2v) is 5.38. The van der Waals surface area contributed by atoms with Crippen LogP contribution in [0.4, 0.5) is 4.39 Å². The highest BCUT2D eigenvalue weighted by Gasteiger charge is 2.19. The van der Waals surface area contributed by atoms with Crippen molar-refractivity contribution in [1.82, 2.24) is 0 Å². The molecule has 0 aromatic heterocycles. The highest BCUT2D eigenvalue weighted by Crippen LogP contribution is 2.29. The Morgan fingerprint density at radius 1 is 1.16 bits per heavy atom. The molecular formula is C13H11BClFO2S. The molecule has 0 heterocycles. The number of thioether (sulfide) groups is 1. The molecule has 0 bridgehead atoms. The Balaban J connectivity index is 2.18. The lowest BCUT2D eigenvalue weighted by Crippen LogP contribution is -2.32. The van der Waals surface area contributed by atoms with Crippen LogP contribution in [0, 0.1) is 5.82 Å². The molecule has 2 aromatic rings. The minimum absolute atomic E-state index is 0.167. The quantitative estimate of drug-likeness (QED) is 0.672. The molecule has 2 aromatic carbocycles. The monoisotopic (exact) mass is 296 g/mol. The van der Waals surface area contributed by atoms with E-state index in [1.165, 1.54) is 17.8 Å². The van der Waals surface area contributed by atoms with Gasteiger partial charge in [-0.05, 0) is 17.7 Å². The fourth-order valence-electron chi connectivity index (χ4n) is 1.59. The van der Waals surface area contributed by atoms with Crippen molar-refractivity contribution in [3.05, 3.63) is 58.9 Å². The second kappa shape index (κ2) is 6.43. The summed E-state index contributed by atoms with van der Waals surface area (Å²) < 4.78 is 13.4. The average molecular weight is 297 g/mol. The molecule has 0 fully saturated rings. The van der Waals surface area contributed by atoms with Crippen molar-refractivity contribution in [2.75, 3.05) is 0 Å². The van der Waals surface area contributed by atoms with E-state index in [-0.39, 0.29) is 10.5 Å². The van der Waals surface area contributed by atoms with E-state index in [4.69, 9.17) is 21.6 Å². The van der Waals surface area contributed by atoms with Gasteiger partial charge in [0.25, 0.3) is 0 Å². The number of benzene rings is 2. The highest BCUT2D eigenvalue weighted by atomic mass is 35.5. The van der Waals surface area contributed by atoms with Crippen LogP contribution in [0.25, 0.3) is 0 Å². The normalized spacial score (nSPS) is 10.5. The minimum atomic E-state index is -1.84. The zero-order valence-electron chi connectivity index (χ0n) is 9.88. The summed E-state index contributed by atoms with van der Waals surface area (Å²) in [7, 11) is -1.84. The lowest BCUT2D eigenvalue weighted by Gasteiger charge is -2.08. The first-order valence-electron chi connectivity index (χ1n) is 5.59. The van der Waals surface area contributed by atoms with Crippen molar-refractivity contribution in [2.45, 2.75) is 10.6 Å². The maximum Gasteiger partial charge on any atom is 0.491 e. The van der Waals surface area contributed by atoms with Crippen LogP contribution in [0.1, 0.15) is 5.56 Å². The topological polar surface area (TPSA) is 40.5 Å². The van der Waals surface area contributed by atoms with Crippen LogP contribution in [0.3, 0.4) is 0 Å². The van der Waals surface area contributed by atoms with Gasteiger partial charge in [0.05, 0.1) is 5.02 Å². The van der Waals surface area contributed by atoms with E-state index in [2.05, 4.69) is 0 Å². The Morgan fingerprint density at radius 3 is 2.47 bits per heavy atom. The molecule has 6 heteroatoms. The molecule has 2 nitrogen and oxygen atoms in total. The maximum absolute atomic E-state index is 13.4. The van der Waals surface area contributed by atoms with E-state index < -0.39 is 12.9 Å². The summed E-state index contributed by atoms with van der Waals surface area (Å²) in [4.78, 5) is 0.620. The van der Waals surface area contributed by atoms with Gasteiger partial charge in [0, 0.05) is 16.1 Å². The third-order valence-electron chi connectivity index (χ3n) is 2.57. The maximum atomic E-state index is 13.4. The summed E-state index contributed by atoms with van der Waals surface area (Å²) in [6, 6.07) is 12.2. The molecule has 98 valence electrons. The Morgan fingerprint density at radius 2 is 1.84 bits per heavy atom. The van der Waals surface area contributed by atoms with Gasteiger partial charge in [-0.3, -0.25) is 0 Å². The Hall–Kier alpha value is -1.01. The number of hydrogen-bond acceptors (Lipinski definition) is 3. The van der Waals surface area contributed by atoms with Crippen molar-refractivity contribution in [2.24, 2.45) is 0 Å². The number of halogens is 2. The van der Waals surface area contributed by atoms with Crippen molar-refractivity contribution in [3.63, 3.8) is 0 Å². The van der Waals surface area contributed by atoms with E-state index >= 15 is 0 Å². The van der Waals surface area contributed by atoms with Gasteiger partial charge >= 0.3 is 7.12 Å². The molecule has 0 saturated heterocycles. The molecular weight excluding hydrogens is 285 g/mol. The van der Waals surface area contributed by atoms with Crippen LogP contribution in [-0.2, 0) is 5.75 Å². The zero-order valence-corrected chi connectivity index (χ0v) is 11.5.